The Hall–Kier alpha value is -2.71. The fraction of sp³-hybridized carbons (Fsp3) is 0.391. The molecule has 1 unspecified atom stereocenters. The molecular weight excluding hydrogens is 414 g/mol. The second kappa shape index (κ2) is 10.1. The van der Waals surface area contributed by atoms with E-state index in [1.54, 1.807) is 36.4 Å². The molecule has 0 spiro atoms. The Labute approximate surface area is 183 Å². The van der Waals surface area contributed by atoms with E-state index < -0.39 is 21.8 Å². The minimum absolute atomic E-state index is 0.206. The van der Waals surface area contributed by atoms with Crippen molar-refractivity contribution in [2.75, 3.05) is 18.4 Å². The van der Waals surface area contributed by atoms with Gasteiger partial charge in [-0.05, 0) is 68.5 Å². The number of aryl methyl sites for hydroxylation is 2. The molecule has 1 atom stereocenters. The van der Waals surface area contributed by atoms with Crippen molar-refractivity contribution in [2.45, 2.75) is 50.5 Å². The summed E-state index contributed by atoms with van der Waals surface area (Å²) in [6, 6.07) is 13.6. The lowest BCUT2D eigenvalue weighted by Crippen LogP contribution is -2.45. The van der Waals surface area contributed by atoms with Crippen LogP contribution in [0, 0.1) is 13.8 Å². The van der Waals surface area contributed by atoms with Gasteiger partial charge in [0.05, 0.1) is 4.90 Å². The summed E-state index contributed by atoms with van der Waals surface area (Å²) in [5, 5.41) is 5.21. The lowest BCUT2D eigenvalue weighted by molar-refractivity contribution is -0.136. The molecular formula is C23H29N3O4S. The van der Waals surface area contributed by atoms with Crippen LogP contribution in [0.25, 0.3) is 0 Å². The number of nitrogens with zero attached hydrogens (tertiary/aromatic N) is 1. The maximum atomic E-state index is 13.0. The van der Waals surface area contributed by atoms with Crippen LogP contribution in [0.1, 0.15) is 36.8 Å². The number of hydrogen-bond donors (Lipinski definition) is 2. The third kappa shape index (κ3) is 5.71. The van der Waals surface area contributed by atoms with Gasteiger partial charge in [0, 0.05) is 24.8 Å². The molecule has 0 aliphatic carbocycles. The van der Waals surface area contributed by atoms with Crippen LogP contribution in [0.4, 0.5) is 5.69 Å². The van der Waals surface area contributed by atoms with Crippen LogP contribution in [0.2, 0.25) is 0 Å². The van der Waals surface area contributed by atoms with Gasteiger partial charge in [-0.3, -0.25) is 9.59 Å². The second-order valence-electron chi connectivity index (χ2n) is 7.88. The number of carbonyl (C=O) groups is 2. The Morgan fingerprint density at radius 1 is 1.00 bits per heavy atom. The molecule has 1 aliphatic heterocycles. The Morgan fingerprint density at radius 3 is 2.45 bits per heavy atom. The number of sulfonamides is 1. The van der Waals surface area contributed by atoms with Gasteiger partial charge in [-0.1, -0.05) is 30.7 Å². The van der Waals surface area contributed by atoms with Crippen LogP contribution in [0.5, 0.6) is 0 Å². The third-order valence-electron chi connectivity index (χ3n) is 5.66. The summed E-state index contributed by atoms with van der Waals surface area (Å²) >= 11 is 0. The summed E-state index contributed by atoms with van der Waals surface area (Å²) in [7, 11) is -3.59. The molecule has 0 radical (unpaired) electrons. The standard InChI is InChI=1S/C23H29N3O4S/c1-17-11-12-19(16-18(17)2)25-23(28)22(27)24-14-13-20-8-6-7-15-26(20)31(29,30)21-9-4-3-5-10-21/h3-5,9-12,16,20H,6-8,13-15H2,1-2H3,(H,24,27)(H,25,28). The van der Waals surface area contributed by atoms with Gasteiger partial charge in [-0.25, -0.2) is 8.42 Å². The Morgan fingerprint density at radius 2 is 1.74 bits per heavy atom. The summed E-state index contributed by atoms with van der Waals surface area (Å²) in [6.45, 7) is 4.60. The number of benzene rings is 2. The number of rotatable bonds is 6. The molecule has 1 aliphatic rings. The van der Waals surface area contributed by atoms with Crippen molar-refractivity contribution in [3.8, 4) is 0 Å². The minimum Gasteiger partial charge on any atom is -0.348 e. The van der Waals surface area contributed by atoms with Gasteiger partial charge >= 0.3 is 11.8 Å². The van der Waals surface area contributed by atoms with E-state index in [0.717, 1.165) is 30.4 Å². The van der Waals surface area contributed by atoms with Gasteiger partial charge in [0.15, 0.2) is 0 Å². The molecule has 0 saturated carbocycles. The SMILES string of the molecule is Cc1ccc(NC(=O)C(=O)NCCC2CCCCN2S(=O)(=O)c2ccccc2)cc1C. The summed E-state index contributed by atoms with van der Waals surface area (Å²) in [5.41, 5.74) is 2.69. The summed E-state index contributed by atoms with van der Waals surface area (Å²) < 4.78 is 27.6. The third-order valence-corrected chi connectivity index (χ3v) is 7.62. The highest BCUT2D eigenvalue weighted by atomic mass is 32.2. The molecule has 31 heavy (non-hydrogen) atoms. The average molecular weight is 444 g/mol. The van der Waals surface area contributed by atoms with E-state index in [1.165, 1.54) is 4.31 Å². The largest absolute Gasteiger partial charge is 0.348 e. The van der Waals surface area contributed by atoms with E-state index in [2.05, 4.69) is 10.6 Å². The molecule has 166 valence electrons. The summed E-state index contributed by atoms with van der Waals surface area (Å²) in [4.78, 5) is 24.6. The predicted molar refractivity (Wildman–Crippen MR) is 120 cm³/mol. The highest BCUT2D eigenvalue weighted by Crippen LogP contribution is 2.26. The molecule has 0 aromatic heterocycles. The number of carbonyl (C=O) groups excluding carboxylic acids is 2. The zero-order chi connectivity index (χ0) is 22.4. The minimum atomic E-state index is -3.59. The molecule has 2 N–H and O–H groups in total. The van der Waals surface area contributed by atoms with Crippen LogP contribution in [0.15, 0.2) is 53.4 Å². The molecule has 0 bridgehead atoms. The molecule has 1 heterocycles. The van der Waals surface area contributed by atoms with Gasteiger partial charge in [0.2, 0.25) is 10.0 Å². The van der Waals surface area contributed by atoms with E-state index in [0.29, 0.717) is 18.7 Å². The van der Waals surface area contributed by atoms with E-state index in [-0.39, 0.29) is 17.5 Å². The zero-order valence-corrected chi connectivity index (χ0v) is 18.7. The lowest BCUT2D eigenvalue weighted by Gasteiger charge is -2.34. The van der Waals surface area contributed by atoms with Crippen LogP contribution < -0.4 is 10.6 Å². The first-order valence-electron chi connectivity index (χ1n) is 10.5. The molecule has 1 fully saturated rings. The molecule has 2 aromatic carbocycles. The van der Waals surface area contributed by atoms with E-state index in [1.807, 2.05) is 26.0 Å². The molecule has 2 amide bonds. The zero-order valence-electron chi connectivity index (χ0n) is 17.9. The van der Waals surface area contributed by atoms with Crippen LogP contribution in [-0.4, -0.2) is 43.7 Å². The van der Waals surface area contributed by atoms with Gasteiger partial charge in [0.1, 0.15) is 0 Å². The van der Waals surface area contributed by atoms with Crippen molar-refractivity contribution in [2.24, 2.45) is 0 Å². The predicted octanol–water partition coefficient (Wildman–Crippen LogP) is 2.99. The Balaban J connectivity index is 1.56. The van der Waals surface area contributed by atoms with Crippen molar-refractivity contribution in [1.82, 2.24) is 9.62 Å². The molecule has 1 saturated heterocycles. The molecule has 2 aromatic rings. The number of amides is 2. The molecule has 3 rings (SSSR count). The first kappa shape index (κ1) is 23.0. The van der Waals surface area contributed by atoms with Gasteiger partial charge in [-0.15, -0.1) is 0 Å². The van der Waals surface area contributed by atoms with Crippen LogP contribution in [0.3, 0.4) is 0 Å². The first-order chi connectivity index (χ1) is 14.8. The van der Waals surface area contributed by atoms with Crippen LogP contribution >= 0.6 is 0 Å². The summed E-state index contributed by atoms with van der Waals surface area (Å²) in [6.07, 6.45) is 2.94. The van der Waals surface area contributed by atoms with Crippen LogP contribution in [-0.2, 0) is 19.6 Å². The van der Waals surface area contributed by atoms with Crippen molar-refractivity contribution in [3.63, 3.8) is 0 Å². The number of piperidine rings is 1. The number of anilines is 1. The average Bonchev–Trinajstić information content (AvgIpc) is 2.77. The van der Waals surface area contributed by atoms with E-state index in [9.17, 15) is 18.0 Å². The van der Waals surface area contributed by atoms with E-state index >= 15 is 0 Å². The Bertz CT molecular complexity index is 1040. The monoisotopic (exact) mass is 443 g/mol. The first-order valence-corrected chi connectivity index (χ1v) is 12.0. The highest BCUT2D eigenvalue weighted by Gasteiger charge is 2.33. The van der Waals surface area contributed by atoms with Crippen molar-refractivity contribution in [1.29, 1.82) is 0 Å². The second-order valence-corrected chi connectivity index (χ2v) is 9.77. The van der Waals surface area contributed by atoms with E-state index in [4.69, 9.17) is 0 Å². The van der Waals surface area contributed by atoms with Gasteiger partial charge < -0.3 is 10.6 Å². The maximum absolute atomic E-state index is 13.0. The fourth-order valence-electron chi connectivity index (χ4n) is 3.75. The quantitative estimate of drug-likeness (QED) is 0.671. The smallest absolute Gasteiger partial charge is 0.313 e. The molecule has 8 heteroatoms. The Kier molecular flexibility index (Phi) is 7.46. The van der Waals surface area contributed by atoms with Crippen molar-refractivity contribution < 1.29 is 18.0 Å². The number of hydrogen-bond acceptors (Lipinski definition) is 4. The maximum Gasteiger partial charge on any atom is 0.313 e. The normalized spacial score (nSPS) is 17.2. The molecule has 7 nitrogen and oxygen atoms in total. The van der Waals surface area contributed by atoms with Crippen molar-refractivity contribution in [3.05, 3.63) is 59.7 Å². The van der Waals surface area contributed by atoms with Gasteiger partial charge in [0.25, 0.3) is 0 Å². The topological polar surface area (TPSA) is 95.6 Å². The highest BCUT2D eigenvalue weighted by molar-refractivity contribution is 7.89. The fourth-order valence-corrected chi connectivity index (χ4v) is 5.49. The number of nitrogens with one attached hydrogen (secondary N) is 2. The van der Waals surface area contributed by atoms with Crippen molar-refractivity contribution >= 4 is 27.5 Å². The lowest BCUT2D eigenvalue weighted by atomic mass is 10.0. The van der Waals surface area contributed by atoms with Gasteiger partial charge in [-0.2, -0.15) is 4.31 Å². The summed E-state index contributed by atoms with van der Waals surface area (Å²) in [5.74, 6) is -1.47.